The lowest BCUT2D eigenvalue weighted by atomic mass is 10.1. The van der Waals surface area contributed by atoms with Crippen molar-refractivity contribution < 1.29 is 24.1 Å². The molecule has 1 heterocycles. The number of anilines is 3. The first-order chi connectivity index (χ1) is 24.6. The second kappa shape index (κ2) is 16.7. The van der Waals surface area contributed by atoms with Gasteiger partial charge in [-0.1, -0.05) is 54.6 Å². The average Bonchev–Trinajstić information content (AvgIpc) is 3.45. The van der Waals surface area contributed by atoms with Crippen LogP contribution in [0.15, 0.2) is 120 Å². The summed E-state index contributed by atoms with van der Waals surface area (Å²) in [4.78, 5) is 64.3. The Morgan fingerprint density at radius 2 is 1.51 bits per heavy atom. The van der Waals surface area contributed by atoms with Gasteiger partial charge in [-0.15, -0.1) is 23.1 Å². The minimum Gasteiger partial charge on any atom is -0.321 e. The number of amides is 4. The van der Waals surface area contributed by atoms with Gasteiger partial charge in [0.2, 0.25) is 5.91 Å². The number of nitrogens with one attached hydrogen (secondary N) is 4. The Balaban J connectivity index is 1.27. The van der Waals surface area contributed by atoms with Crippen LogP contribution in [-0.4, -0.2) is 34.3 Å². The molecule has 4 N–H and O–H groups in total. The summed E-state index contributed by atoms with van der Waals surface area (Å²) in [5.41, 5.74) is 1.50. The molecule has 0 saturated heterocycles. The SMILES string of the molecule is Cc1c(C(=O)Nc2ccccc2)sc(NC(=O)CSc2cccc(NC(=O)/C(=C\c3ccccc3[N+](=O)[O-])NC(=O)c3ccccc3)c2)c1C#N. The van der Waals surface area contributed by atoms with Crippen molar-refractivity contribution in [2.45, 2.75) is 11.8 Å². The van der Waals surface area contributed by atoms with Gasteiger partial charge < -0.3 is 21.3 Å². The van der Waals surface area contributed by atoms with Gasteiger partial charge in [0.15, 0.2) is 0 Å². The van der Waals surface area contributed by atoms with Gasteiger partial charge >= 0.3 is 0 Å². The maximum absolute atomic E-state index is 13.5. The zero-order valence-corrected chi connectivity index (χ0v) is 28.5. The quantitative estimate of drug-likeness (QED) is 0.0451. The van der Waals surface area contributed by atoms with Gasteiger partial charge in [0.05, 0.1) is 26.7 Å². The highest BCUT2D eigenvalue weighted by molar-refractivity contribution is 8.00. The zero-order valence-electron chi connectivity index (χ0n) is 26.8. The van der Waals surface area contributed by atoms with Gasteiger partial charge in [0, 0.05) is 27.9 Å². The summed E-state index contributed by atoms with van der Waals surface area (Å²) >= 11 is 2.18. The molecule has 0 radical (unpaired) electrons. The predicted molar refractivity (Wildman–Crippen MR) is 198 cm³/mol. The molecule has 5 rings (SSSR count). The zero-order chi connectivity index (χ0) is 36.3. The number of carbonyl (C=O) groups is 4. The first kappa shape index (κ1) is 35.7. The van der Waals surface area contributed by atoms with E-state index in [1.807, 2.05) is 6.07 Å². The molecular weight excluding hydrogens is 689 g/mol. The van der Waals surface area contributed by atoms with E-state index < -0.39 is 28.6 Å². The minimum absolute atomic E-state index is 0.0548. The first-order valence-electron chi connectivity index (χ1n) is 15.2. The van der Waals surface area contributed by atoms with Crippen molar-refractivity contribution in [1.82, 2.24) is 5.32 Å². The summed E-state index contributed by atoms with van der Waals surface area (Å²) in [7, 11) is 0. The van der Waals surface area contributed by atoms with Crippen LogP contribution >= 0.6 is 23.1 Å². The molecule has 0 aliphatic rings. The maximum atomic E-state index is 13.5. The molecule has 4 aromatic carbocycles. The lowest BCUT2D eigenvalue weighted by Crippen LogP contribution is -2.30. The van der Waals surface area contributed by atoms with Gasteiger partial charge in [0.1, 0.15) is 16.8 Å². The second-order valence-corrected chi connectivity index (χ2v) is 12.8. The van der Waals surface area contributed by atoms with E-state index >= 15 is 0 Å². The Morgan fingerprint density at radius 1 is 0.843 bits per heavy atom. The fourth-order valence-electron chi connectivity index (χ4n) is 4.71. The van der Waals surface area contributed by atoms with Crippen LogP contribution in [0.3, 0.4) is 0 Å². The van der Waals surface area contributed by atoms with E-state index in [2.05, 4.69) is 27.3 Å². The van der Waals surface area contributed by atoms with Gasteiger partial charge in [-0.3, -0.25) is 29.3 Å². The number of nitriles is 1. The average molecular weight is 717 g/mol. The third kappa shape index (κ3) is 9.33. The fraction of sp³-hybridized carbons (Fsp3) is 0.0541. The number of thioether (sulfide) groups is 1. The summed E-state index contributed by atoms with van der Waals surface area (Å²) in [6, 6.07) is 31.6. The van der Waals surface area contributed by atoms with Crippen molar-refractivity contribution in [3.8, 4) is 6.07 Å². The van der Waals surface area contributed by atoms with Crippen LogP contribution in [0.2, 0.25) is 0 Å². The van der Waals surface area contributed by atoms with E-state index in [4.69, 9.17) is 0 Å². The number of nitrogens with zero attached hydrogens (tertiary/aromatic N) is 2. The van der Waals surface area contributed by atoms with Crippen LogP contribution in [0.5, 0.6) is 0 Å². The number of carbonyl (C=O) groups excluding carboxylic acids is 4. The van der Waals surface area contributed by atoms with Crippen molar-refractivity contribution in [2.24, 2.45) is 0 Å². The number of thiophene rings is 1. The van der Waals surface area contributed by atoms with Crippen LogP contribution in [0.25, 0.3) is 6.08 Å². The fourth-order valence-corrected chi connectivity index (χ4v) is 6.53. The highest BCUT2D eigenvalue weighted by Gasteiger charge is 2.22. The molecule has 0 aliphatic heterocycles. The van der Waals surface area contributed by atoms with Gasteiger partial charge in [-0.25, -0.2) is 0 Å². The molecule has 0 saturated carbocycles. The monoisotopic (exact) mass is 716 g/mol. The first-order valence-corrected chi connectivity index (χ1v) is 17.0. The highest BCUT2D eigenvalue weighted by Crippen LogP contribution is 2.33. The lowest BCUT2D eigenvalue weighted by Gasteiger charge is -2.12. The molecule has 0 aliphatic carbocycles. The number of rotatable bonds is 12. The van der Waals surface area contributed by atoms with Crippen molar-refractivity contribution >= 4 is 74.9 Å². The Hall–Kier alpha value is -6.56. The summed E-state index contributed by atoms with van der Waals surface area (Å²) in [5.74, 6) is -2.19. The van der Waals surface area contributed by atoms with Crippen molar-refractivity contribution in [3.05, 3.63) is 152 Å². The maximum Gasteiger partial charge on any atom is 0.276 e. The molecule has 14 heteroatoms. The van der Waals surface area contributed by atoms with Crippen molar-refractivity contribution in [1.29, 1.82) is 5.26 Å². The molecule has 0 unspecified atom stereocenters. The summed E-state index contributed by atoms with van der Waals surface area (Å²) in [6.45, 7) is 1.65. The van der Waals surface area contributed by atoms with Gasteiger partial charge in [-0.05, 0) is 67.1 Å². The smallest absolute Gasteiger partial charge is 0.276 e. The largest absolute Gasteiger partial charge is 0.321 e. The summed E-state index contributed by atoms with van der Waals surface area (Å²) < 4.78 is 0. The van der Waals surface area contributed by atoms with E-state index in [1.165, 1.54) is 36.0 Å². The Bertz CT molecular complexity index is 2200. The minimum atomic E-state index is -0.735. The molecule has 0 spiro atoms. The molecule has 4 amide bonds. The Morgan fingerprint density at radius 3 is 2.22 bits per heavy atom. The molecule has 12 nitrogen and oxygen atoms in total. The topological polar surface area (TPSA) is 183 Å². The van der Waals surface area contributed by atoms with Crippen LogP contribution in [0.4, 0.5) is 22.1 Å². The van der Waals surface area contributed by atoms with Crippen LogP contribution < -0.4 is 21.3 Å². The lowest BCUT2D eigenvalue weighted by molar-refractivity contribution is -0.385. The molecule has 5 aromatic rings. The number of hydrogen-bond donors (Lipinski definition) is 4. The highest BCUT2D eigenvalue weighted by atomic mass is 32.2. The molecule has 0 atom stereocenters. The van der Waals surface area contributed by atoms with Gasteiger partial charge in [-0.2, -0.15) is 5.26 Å². The Kier molecular flexibility index (Phi) is 11.7. The summed E-state index contributed by atoms with van der Waals surface area (Å²) in [5, 5.41) is 32.4. The predicted octanol–water partition coefficient (Wildman–Crippen LogP) is 7.23. The molecule has 254 valence electrons. The number of benzene rings is 4. The summed E-state index contributed by atoms with van der Waals surface area (Å²) in [6.07, 6.45) is 1.23. The van der Waals surface area contributed by atoms with E-state index in [1.54, 1.807) is 91.9 Å². The molecule has 1 aromatic heterocycles. The van der Waals surface area contributed by atoms with Crippen molar-refractivity contribution in [2.75, 3.05) is 21.7 Å². The third-order valence-electron chi connectivity index (χ3n) is 7.17. The number of hydrogen-bond acceptors (Lipinski definition) is 9. The second-order valence-electron chi connectivity index (χ2n) is 10.7. The van der Waals surface area contributed by atoms with Crippen molar-refractivity contribution in [3.63, 3.8) is 0 Å². The molecule has 0 fully saturated rings. The van der Waals surface area contributed by atoms with Crippen LogP contribution in [-0.2, 0) is 9.59 Å². The standard InChI is InChI=1S/C37H28N6O6S2/c1-23-29(21-38)37(51-33(23)36(47)39-26-14-6-3-7-15-26)42-32(44)22-50-28-17-10-16-27(20-28)40-35(46)30(41-34(45)24-11-4-2-5-12-24)19-25-13-8-9-18-31(25)43(48)49/h2-20H,22H2,1H3,(H,39,47)(H,40,46)(H,41,45)(H,42,44)/b30-19+. The number of nitro groups is 1. The normalized spacial score (nSPS) is 10.8. The van der Waals surface area contributed by atoms with E-state index in [9.17, 15) is 34.6 Å². The van der Waals surface area contributed by atoms with E-state index in [0.29, 0.717) is 26.7 Å². The van der Waals surface area contributed by atoms with Gasteiger partial charge in [0.25, 0.3) is 23.4 Å². The van der Waals surface area contributed by atoms with E-state index in [0.717, 1.165) is 11.3 Å². The number of nitro benzene ring substituents is 1. The number of para-hydroxylation sites is 2. The third-order valence-corrected chi connectivity index (χ3v) is 9.37. The van der Waals surface area contributed by atoms with E-state index in [-0.39, 0.29) is 38.8 Å². The van der Waals surface area contributed by atoms with Crippen LogP contribution in [0.1, 0.15) is 36.7 Å². The Labute approximate surface area is 300 Å². The van der Waals surface area contributed by atoms with Crippen LogP contribution in [0, 0.1) is 28.4 Å². The molecular formula is C37H28N6O6S2. The molecule has 51 heavy (non-hydrogen) atoms. The molecule has 0 bridgehead atoms.